The van der Waals surface area contributed by atoms with Crippen molar-refractivity contribution >= 4 is 35.8 Å². The van der Waals surface area contributed by atoms with Crippen molar-refractivity contribution in [3.63, 3.8) is 0 Å². The SMILES string of the molecule is CN=C(NCc1ccnc(N2CCN(C)CC2)c1)NCc1ccccc1OC.I. The minimum atomic E-state index is 0. The maximum absolute atomic E-state index is 5.40. The van der Waals surface area contributed by atoms with E-state index in [1.165, 1.54) is 5.56 Å². The smallest absolute Gasteiger partial charge is 0.191 e. The van der Waals surface area contributed by atoms with Crippen molar-refractivity contribution in [2.24, 2.45) is 4.99 Å². The van der Waals surface area contributed by atoms with Gasteiger partial charge in [0, 0.05) is 58.1 Å². The summed E-state index contributed by atoms with van der Waals surface area (Å²) in [4.78, 5) is 13.6. The Bertz CT molecular complexity index is 792. The predicted molar refractivity (Wildman–Crippen MR) is 129 cm³/mol. The van der Waals surface area contributed by atoms with Crippen molar-refractivity contribution in [2.45, 2.75) is 13.1 Å². The van der Waals surface area contributed by atoms with Gasteiger partial charge in [-0.15, -0.1) is 24.0 Å². The number of likely N-dealkylation sites (N-methyl/N-ethyl adjacent to an activating group) is 1. The van der Waals surface area contributed by atoms with E-state index in [0.29, 0.717) is 13.1 Å². The summed E-state index contributed by atoms with van der Waals surface area (Å²) in [6.45, 7) is 5.51. The third kappa shape index (κ3) is 6.74. The average Bonchev–Trinajstić information content (AvgIpc) is 2.75. The standard InChI is InChI=1S/C21H30N6O.HI/c1-22-21(25-16-18-6-4-5-7-19(18)28-3)24-15-17-8-9-23-20(14-17)27-12-10-26(2)11-13-27;/h4-9,14H,10-13,15-16H2,1-3H3,(H2,22,24,25);1H. The summed E-state index contributed by atoms with van der Waals surface area (Å²) >= 11 is 0. The molecule has 1 aromatic heterocycles. The summed E-state index contributed by atoms with van der Waals surface area (Å²) < 4.78 is 5.40. The Morgan fingerprint density at radius 2 is 1.83 bits per heavy atom. The number of aromatic nitrogens is 1. The first kappa shape index (κ1) is 23.2. The summed E-state index contributed by atoms with van der Waals surface area (Å²) in [7, 11) is 5.63. The molecule has 2 N–H and O–H groups in total. The van der Waals surface area contributed by atoms with E-state index in [9.17, 15) is 0 Å². The van der Waals surface area contributed by atoms with Crippen LogP contribution in [0.25, 0.3) is 0 Å². The molecule has 2 aromatic rings. The second-order valence-corrected chi connectivity index (χ2v) is 6.90. The van der Waals surface area contributed by atoms with Gasteiger partial charge in [-0.25, -0.2) is 4.98 Å². The molecule has 7 nitrogen and oxygen atoms in total. The highest BCUT2D eigenvalue weighted by atomic mass is 127. The van der Waals surface area contributed by atoms with Crippen LogP contribution in [0.3, 0.4) is 0 Å². The second-order valence-electron chi connectivity index (χ2n) is 6.90. The van der Waals surface area contributed by atoms with E-state index in [4.69, 9.17) is 4.74 Å². The van der Waals surface area contributed by atoms with Crippen LogP contribution < -0.4 is 20.3 Å². The van der Waals surface area contributed by atoms with Crippen molar-refractivity contribution in [1.82, 2.24) is 20.5 Å². The van der Waals surface area contributed by atoms with Gasteiger partial charge in [0.05, 0.1) is 7.11 Å². The molecule has 0 amide bonds. The number of hydrogen-bond donors (Lipinski definition) is 2. The first-order chi connectivity index (χ1) is 13.7. The highest BCUT2D eigenvalue weighted by molar-refractivity contribution is 14.0. The van der Waals surface area contributed by atoms with Gasteiger partial charge in [0.1, 0.15) is 11.6 Å². The zero-order chi connectivity index (χ0) is 19.8. The van der Waals surface area contributed by atoms with Gasteiger partial charge in [-0.2, -0.15) is 0 Å². The molecule has 158 valence electrons. The van der Waals surface area contributed by atoms with Crippen LogP contribution in [-0.4, -0.2) is 63.2 Å². The Kier molecular flexibility index (Phi) is 9.46. The fourth-order valence-electron chi connectivity index (χ4n) is 3.21. The number of benzene rings is 1. The summed E-state index contributed by atoms with van der Waals surface area (Å²) in [5.41, 5.74) is 2.28. The molecule has 8 heteroatoms. The number of para-hydroxylation sites is 1. The number of guanidine groups is 1. The van der Waals surface area contributed by atoms with E-state index < -0.39 is 0 Å². The molecule has 0 spiro atoms. The van der Waals surface area contributed by atoms with E-state index in [2.05, 4.69) is 43.5 Å². The van der Waals surface area contributed by atoms with E-state index in [1.54, 1.807) is 14.2 Å². The van der Waals surface area contributed by atoms with Crippen LogP contribution in [0.1, 0.15) is 11.1 Å². The highest BCUT2D eigenvalue weighted by Crippen LogP contribution is 2.17. The van der Waals surface area contributed by atoms with Gasteiger partial charge in [-0.1, -0.05) is 18.2 Å². The third-order valence-corrected chi connectivity index (χ3v) is 4.96. The third-order valence-electron chi connectivity index (χ3n) is 4.96. The average molecular weight is 510 g/mol. The van der Waals surface area contributed by atoms with Gasteiger partial charge in [0.2, 0.25) is 0 Å². The number of piperazine rings is 1. The number of aliphatic imine (C=N–C) groups is 1. The Morgan fingerprint density at radius 3 is 2.55 bits per heavy atom. The highest BCUT2D eigenvalue weighted by Gasteiger charge is 2.15. The lowest BCUT2D eigenvalue weighted by Crippen LogP contribution is -2.44. The topological polar surface area (TPSA) is 65.0 Å². The number of ether oxygens (including phenoxy) is 1. The first-order valence-corrected chi connectivity index (χ1v) is 9.64. The monoisotopic (exact) mass is 510 g/mol. The van der Waals surface area contributed by atoms with Crippen molar-refractivity contribution in [2.75, 3.05) is 52.3 Å². The Morgan fingerprint density at radius 1 is 1.10 bits per heavy atom. The Balaban J connectivity index is 0.00000300. The number of nitrogens with one attached hydrogen (secondary N) is 2. The molecule has 3 rings (SSSR count). The van der Waals surface area contributed by atoms with Gasteiger partial charge < -0.3 is 25.2 Å². The number of hydrogen-bond acceptors (Lipinski definition) is 5. The molecule has 1 aliphatic heterocycles. The molecule has 0 unspecified atom stereocenters. The maximum Gasteiger partial charge on any atom is 0.191 e. The normalized spacial score (nSPS) is 14.9. The minimum absolute atomic E-state index is 0. The molecule has 1 fully saturated rings. The summed E-state index contributed by atoms with van der Waals surface area (Å²) in [5, 5.41) is 6.72. The zero-order valence-corrected chi connectivity index (χ0v) is 19.7. The zero-order valence-electron chi connectivity index (χ0n) is 17.4. The molecule has 1 aromatic carbocycles. The van der Waals surface area contributed by atoms with Crippen molar-refractivity contribution in [3.8, 4) is 5.75 Å². The molecule has 0 aliphatic carbocycles. The Hall–Kier alpha value is -2.07. The van der Waals surface area contributed by atoms with E-state index in [-0.39, 0.29) is 24.0 Å². The summed E-state index contributed by atoms with van der Waals surface area (Å²) in [6.07, 6.45) is 1.88. The quantitative estimate of drug-likeness (QED) is 0.354. The number of pyridine rings is 1. The molecule has 0 bridgehead atoms. The molecular formula is C21H31IN6O. The van der Waals surface area contributed by atoms with Crippen molar-refractivity contribution < 1.29 is 4.74 Å². The fraction of sp³-hybridized carbons (Fsp3) is 0.429. The maximum atomic E-state index is 5.40. The van der Waals surface area contributed by atoms with Crippen LogP contribution in [0.5, 0.6) is 5.75 Å². The van der Waals surface area contributed by atoms with Crippen molar-refractivity contribution in [3.05, 3.63) is 53.7 Å². The fourth-order valence-corrected chi connectivity index (χ4v) is 3.21. The lowest BCUT2D eigenvalue weighted by molar-refractivity contribution is 0.312. The minimum Gasteiger partial charge on any atom is -0.496 e. The molecule has 2 heterocycles. The van der Waals surface area contributed by atoms with Crippen LogP contribution in [0.15, 0.2) is 47.6 Å². The summed E-state index contributed by atoms with van der Waals surface area (Å²) in [5.74, 6) is 2.67. The van der Waals surface area contributed by atoms with Crippen LogP contribution in [0.2, 0.25) is 0 Å². The van der Waals surface area contributed by atoms with Gasteiger partial charge >= 0.3 is 0 Å². The molecule has 1 aliphatic rings. The lowest BCUT2D eigenvalue weighted by Gasteiger charge is -2.33. The number of anilines is 1. The van der Waals surface area contributed by atoms with Crippen LogP contribution in [0, 0.1) is 0 Å². The van der Waals surface area contributed by atoms with E-state index in [0.717, 1.165) is 49.3 Å². The van der Waals surface area contributed by atoms with Crippen molar-refractivity contribution in [1.29, 1.82) is 0 Å². The van der Waals surface area contributed by atoms with E-state index >= 15 is 0 Å². The molecule has 1 saturated heterocycles. The lowest BCUT2D eigenvalue weighted by atomic mass is 10.2. The van der Waals surface area contributed by atoms with Crippen LogP contribution in [0.4, 0.5) is 5.82 Å². The largest absolute Gasteiger partial charge is 0.496 e. The number of methoxy groups -OCH3 is 1. The second kappa shape index (κ2) is 11.8. The Labute approximate surface area is 190 Å². The van der Waals surface area contributed by atoms with Gasteiger partial charge in [0.25, 0.3) is 0 Å². The van der Waals surface area contributed by atoms with E-state index in [1.807, 2.05) is 36.5 Å². The molecule has 0 radical (unpaired) electrons. The number of halogens is 1. The molecule has 0 atom stereocenters. The van der Waals surface area contributed by atoms with Crippen LogP contribution >= 0.6 is 24.0 Å². The van der Waals surface area contributed by atoms with Crippen LogP contribution in [-0.2, 0) is 13.1 Å². The molecule has 29 heavy (non-hydrogen) atoms. The predicted octanol–water partition coefficient (Wildman–Crippen LogP) is 2.33. The number of rotatable bonds is 6. The molecular weight excluding hydrogens is 479 g/mol. The molecule has 0 saturated carbocycles. The summed E-state index contributed by atoms with van der Waals surface area (Å²) in [6, 6.07) is 12.2. The first-order valence-electron chi connectivity index (χ1n) is 9.64. The van der Waals surface area contributed by atoms with Gasteiger partial charge in [-0.3, -0.25) is 4.99 Å². The van der Waals surface area contributed by atoms with Gasteiger partial charge in [0.15, 0.2) is 5.96 Å². The number of nitrogens with zero attached hydrogens (tertiary/aromatic N) is 4. The van der Waals surface area contributed by atoms with Gasteiger partial charge in [-0.05, 0) is 30.8 Å².